The SMILES string of the molecule is Cc1ccc2c(-c3cnc4[nH]cc(C(=O)NC5(C)CCN(C(=O)O)C5C(C)(C)C)c4n3)nn(C)c2c1. The molecular formula is C26H31N7O3. The van der Waals surface area contributed by atoms with Crippen LogP contribution in [-0.2, 0) is 7.05 Å². The molecule has 188 valence electrons. The van der Waals surface area contributed by atoms with Crippen LogP contribution in [0.1, 0.15) is 50.0 Å². The minimum Gasteiger partial charge on any atom is -0.465 e. The summed E-state index contributed by atoms with van der Waals surface area (Å²) in [4.78, 5) is 39.2. The predicted molar refractivity (Wildman–Crippen MR) is 137 cm³/mol. The highest BCUT2D eigenvalue weighted by atomic mass is 16.4. The number of nitrogens with zero attached hydrogens (tertiary/aromatic N) is 5. The van der Waals surface area contributed by atoms with E-state index in [1.165, 1.54) is 4.90 Å². The molecule has 1 saturated heterocycles. The molecule has 0 radical (unpaired) electrons. The topological polar surface area (TPSA) is 129 Å². The third kappa shape index (κ3) is 3.77. The Bertz CT molecular complexity index is 1510. The Kier molecular flexibility index (Phi) is 5.31. The van der Waals surface area contributed by atoms with E-state index in [1.54, 1.807) is 12.4 Å². The summed E-state index contributed by atoms with van der Waals surface area (Å²) in [6, 6.07) is 5.73. The van der Waals surface area contributed by atoms with Gasteiger partial charge in [-0.2, -0.15) is 5.10 Å². The van der Waals surface area contributed by atoms with Crippen molar-refractivity contribution in [3.63, 3.8) is 0 Å². The summed E-state index contributed by atoms with van der Waals surface area (Å²) < 4.78 is 1.82. The first kappa shape index (κ1) is 23.8. The number of nitrogens with one attached hydrogen (secondary N) is 2. The average molecular weight is 490 g/mol. The largest absolute Gasteiger partial charge is 0.465 e. The smallest absolute Gasteiger partial charge is 0.407 e. The van der Waals surface area contributed by atoms with Crippen LogP contribution in [-0.4, -0.2) is 64.9 Å². The van der Waals surface area contributed by atoms with E-state index in [-0.39, 0.29) is 17.4 Å². The molecule has 2 amide bonds. The van der Waals surface area contributed by atoms with Crippen molar-refractivity contribution >= 4 is 34.1 Å². The fourth-order valence-corrected chi connectivity index (χ4v) is 5.78. The highest BCUT2D eigenvalue weighted by Gasteiger charge is 2.52. The van der Waals surface area contributed by atoms with Gasteiger partial charge in [-0.3, -0.25) is 9.48 Å². The van der Waals surface area contributed by atoms with E-state index in [1.807, 2.05) is 58.5 Å². The standard InChI is InChI=1S/C26H31N7O3/c1-14-7-8-15-18(11-14)32(6)31-19(15)17-13-28-21-20(29-17)16(12-27-21)22(34)30-26(5)9-10-33(24(35)36)23(26)25(2,3)4/h7-8,11-13,23H,9-10H2,1-6H3,(H,27,28)(H,30,34)(H,35,36). The maximum atomic E-state index is 13.5. The molecule has 10 nitrogen and oxygen atoms in total. The van der Waals surface area contributed by atoms with Gasteiger partial charge in [0.2, 0.25) is 0 Å². The van der Waals surface area contributed by atoms with Gasteiger partial charge in [0, 0.05) is 25.2 Å². The van der Waals surface area contributed by atoms with Crippen molar-refractivity contribution in [1.82, 2.24) is 34.9 Å². The van der Waals surface area contributed by atoms with Crippen LogP contribution in [0.15, 0.2) is 30.6 Å². The summed E-state index contributed by atoms with van der Waals surface area (Å²) in [5, 5.41) is 18.5. The van der Waals surface area contributed by atoms with Crippen LogP contribution in [0, 0.1) is 12.3 Å². The lowest BCUT2D eigenvalue weighted by molar-refractivity contribution is 0.0663. The van der Waals surface area contributed by atoms with E-state index in [2.05, 4.69) is 26.4 Å². The zero-order valence-electron chi connectivity index (χ0n) is 21.4. The molecule has 4 aromatic rings. The van der Waals surface area contributed by atoms with Crippen LogP contribution >= 0.6 is 0 Å². The van der Waals surface area contributed by atoms with Gasteiger partial charge in [0.25, 0.3) is 5.91 Å². The minimum absolute atomic E-state index is 0.321. The maximum absolute atomic E-state index is 13.5. The molecule has 5 rings (SSSR count). The predicted octanol–water partition coefficient (Wildman–Crippen LogP) is 4.11. The second-order valence-electron chi connectivity index (χ2n) is 11.0. The highest BCUT2D eigenvalue weighted by Crippen LogP contribution is 2.40. The monoisotopic (exact) mass is 489 g/mol. The van der Waals surface area contributed by atoms with Gasteiger partial charge < -0.3 is 20.3 Å². The van der Waals surface area contributed by atoms with Crippen molar-refractivity contribution in [2.45, 2.75) is 52.6 Å². The van der Waals surface area contributed by atoms with Crippen molar-refractivity contribution in [1.29, 1.82) is 0 Å². The van der Waals surface area contributed by atoms with Crippen molar-refractivity contribution in [2.75, 3.05) is 6.54 Å². The number of aromatic amines is 1. The van der Waals surface area contributed by atoms with Crippen LogP contribution < -0.4 is 5.32 Å². The van der Waals surface area contributed by atoms with Crippen molar-refractivity contribution in [3.8, 4) is 11.4 Å². The van der Waals surface area contributed by atoms with Crippen LogP contribution in [0.4, 0.5) is 4.79 Å². The Morgan fingerprint density at radius 1 is 1.28 bits per heavy atom. The van der Waals surface area contributed by atoms with Gasteiger partial charge in [-0.25, -0.2) is 14.8 Å². The normalized spacial score (nSPS) is 20.4. The van der Waals surface area contributed by atoms with E-state index in [0.29, 0.717) is 41.1 Å². The van der Waals surface area contributed by atoms with Gasteiger partial charge in [-0.15, -0.1) is 0 Å². The number of likely N-dealkylation sites (tertiary alicyclic amines) is 1. The summed E-state index contributed by atoms with van der Waals surface area (Å²) >= 11 is 0. The molecular weight excluding hydrogens is 458 g/mol. The average Bonchev–Trinajstić information content (AvgIpc) is 3.46. The summed E-state index contributed by atoms with van der Waals surface area (Å²) in [5.41, 5.74) is 3.58. The second kappa shape index (κ2) is 8.04. The third-order valence-corrected chi connectivity index (χ3v) is 7.13. The molecule has 36 heavy (non-hydrogen) atoms. The summed E-state index contributed by atoms with van der Waals surface area (Å²) in [6.45, 7) is 10.3. The van der Waals surface area contributed by atoms with E-state index in [0.717, 1.165) is 16.5 Å². The van der Waals surface area contributed by atoms with Crippen LogP contribution in [0.3, 0.4) is 0 Å². The zero-order chi connectivity index (χ0) is 26.0. The Balaban J connectivity index is 1.52. The molecule has 0 bridgehead atoms. The summed E-state index contributed by atoms with van der Waals surface area (Å²) in [6.07, 6.45) is 2.79. The number of aromatic nitrogens is 5. The molecule has 0 saturated carbocycles. The molecule has 1 aliphatic heterocycles. The Labute approximate surface area is 208 Å². The molecule has 10 heteroatoms. The van der Waals surface area contributed by atoms with E-state index < -0.39 is 11.6 Å². The fourth-order valence-electron chi connectivity index (χ4n) is 5.78. The quantitative estimate of drug-likeness (QED) is 0.397. The molecule has 2 atom stereocenters. The van der Waals surface area contributed by atoms with Crippen LogP contribution in [0.2, 0.25) is 0 Å². The van der Waals surface area contributed by atoms with Gasteiger partial charge in [-0.1, -0.05) is 32.9 Å². The van der Waals surface area contributed by atoms with E-state index in [4.69, 9.17) is 4.98 Å². The first-order chi connectivity index (χ1) is 16.9. The highest BCUT2D eigenvalue weighted by molar-refractivity contribution is 6.05. The van der Waals surface area contributed by atoms with Crippen LogP contribution in [0.25, 0.3) is 33.5 Å². The number of hydrogen-bond donors (Lipinski definition) is 3. The molecule has 0 aliphatic carbocycles. The van der Waals surface area contributed by atoms with Gasteiger partial charge in [0.15, 0.2) is 5.65 Å². The molecule has 2 unspecified atom stereocenters. The Hall–Kier alpha value is -3.95. The Morgan fingerprint density at radius 3 is 2.72 bits per heavy atom. The first-order valence-electron chi connectivity index (χ1n) is 12.0. The molecule has 1 aliphatic rings. The van der Waals surface area contributed by atoms with Crippen molar-refractivity contribution in [3.05, 3.63) is 41.7 Å². The van der Waals surface area contributed by atoms with Crippen molar-refractivity contribution < 1.29 is 14.7 Å². The van der Waals surface area contributed by atoms with E-state index in [9.17, 15) is 14.7 Å². The lowest BCUT2D eigenvalue weighted by atomic mass is 9.75. The number of fused-ring (bicyclic) bond motifs is 2. The molecule has 1 aromatic carbocycles. The lowest BCUT2D eigenvalue weighted by Gasteiger charge is -2.43. The van der Waals surface area contributed by atoms with Gasteiger partial charge in [0.1, 0.15) is 16.9 Å². The number of benzene rings is 1. The minimum atomic E-state index is -0.978. The van der Waals surface area contributed by atoms with Gasteiger partial charge >= 0.3 is 6.09 Å². The molecule has 4 heterocycles. The number of carboxylic acid groups (broad SMARTS) is 1. The number of aryl methyl sites for hydroxylation is 2. The molecule has 3 aromatic heterocycles. The van der Waals surface area contributed by atoms with Gasteiger partial charge in [-0.05, 0) is 37.3 Å². The van der Waals surface area contributed by atoms with E-state index >= 15 is 0 Å². The molecule has 1 fully saturated rings. The number of rotatable bonds is 3. The third-order valence-electron chi connectivity index (χ3n) is 7.13. The van der Waals surface area contributed by atoms with Crippen molar-refractivity contribution in [2.24, 2.45) is 12.5 Å². The number of carbonyl (C=O) groups is 2. The Morgan fingerprint density at radius 2 is 2.03 bits per heavy atom. The fraction of sp³-hybridized carbons (Fsp3) is 0.423. The second-order valence-corrected chi connectivity index (χ2v) is 11.0. The number of H-pyrrole nitrogens is 1. The number of carbonyl (C=O) groups excluding carboxylic acids is 1. The maximum Gasteiger partial charge on any atom is 0.407 e. The lowest BCUT2D eigenvalue weighted by Crippen LogP contribution is -2.60. The molecule has 0 spiro atoms. The van der Waals surface area contributed by atoms with Gasteiger partial charge in [0.05, 0.1) is 28.9 Å². The summed E-state index contributed by atoms with van der Waals surface area (Å²) in [5.74, 6) is -0.321. The number of hydrogen-bond acceptors (Lipinski definition) is 5. The first-order valence-corrected chi connectivity index (χ1v) is 12.0. The van der Waals surface area contributed by atoms with Crippen LogP contribution in [0.5, 0.6) is 0 Å². The number of amides is 2. The zero-order valence-corrected chi connectivity index (χ0v) is 21.4. The summed E-state index contributed by atoms with van der Waals surface area (Å²) in [7, 11) is 1.89. The molecule has 3 N–H and O–H groups in total.